The van der Waals surface area contributed by atoms with Crippen molar-refractivity contribution in [3.63, 3.8) is 0 Å². The van der Waals surface area contributed by atoms with Crippen molar-refractivity contribution in [3.05, 3.63) is 29.6 Å². The molecule has 0 aliphatic carbocycles. The molecule has 0 saturated carbocycles. The second-order valence-electron chi connectivity index (χ2n) is 1.91. The van der Waals surface area contributed by atoms with E-state index in [0.29, 0.717) is 12.1 Å². The summed E-state index contributed by atoms with van der Waals surface area (Å²) in [6.07, 6.45) is 0. The Kier molecular flexibility index (Phi) is 2.84. The minimum atomic E-state index is -1.73. The van der Waals surface area contributed by atoms with Crippen LogP contribution in [0.4, 0.5) is 13.2 Å². The zero-order valence-corrected chi connectivity index (χ0v) is 6.84. The molecule has 0 amide bonds. The Morgan fingerprint density at radius 1 is 1.25 bits per heavy atom. The van der Waals surface area contributed by atoms with Gasteiger partial charge in [0.15, 0.2) is 0 Å². The summed E-state index contributed by atoms with van der Waals surface area (Å²) in [5.74, 6) is -4.34. The SMILES string of the molecule is [O]=[Al][O]c1cc(F)cc(F)c1F. The van der Waals surface area contributed by atoms with Crippen molar-refractivity contribution in [1.82, 2.24) is 0 Å². The minimum absolute atomic E-state index is 0.377. The quantitative estimate of drug-likeness (QED) is 0.521. The molecule has 0 heterocycles. The molecule has 0 radical (unpaired) electrons. The van der Waals surface area contributed by atoms with Gasteiger partial charge in [0.1, 0.15) is 0 Å². The Labute approximate surface area is 72.2 Å². The van der Waals surface area contributed by atoms with E-state index < -0.39 is 38.7 Å². The van der Waals surface area contributed by atoms with Gasteiger partial charge < -0.3 is 0 Å². The molecule has 0 aliphatic rings. The number of hydrogen-bond donors (Lipinski definition) is 0. The molecule has 1 rings (SSSR count). The zero-order valence-electron chi connectivity index (χ0n) is 5.68. The summed E-state index contributed by atoms with van der Waals surface area (Å²) in [6, 6.07) is 1.01. The van der Waals surface area contributed by atoms with E-state index in [2.05, 4.69) is 3.79 Å². The van der Waals surface area contributed by atoms with E-state index in [-0.39, 0.29) is 0 Å². The summed E-state index contributed by atoms with van der Waals surface area (Å²) in [7, 11) is 0. The van der Waals surface area contributed by atoms with E-state index in [4.69, 9.17) is 0 Å². The summed E-state index contributed by atoms with van der Waals surface area (Å²) < 4.78 is 51.4. The van der Waals surface area contributed by atoms with Crippen LogP contribution in [0.2, 0.25) is 0 Å². The van der Waals surface area contributed by atoms with Crippen molar-refractivity contribution in [2.24, 2.45) is 0 Å². The van der Waals surface area contributed by atoms with Gasteiger partial charge in [0, 0.05) is 0 Å². The van der Waals surface area contributed by atoms with Gasteiger partial charge >= 0.3 is 71.6 Å². The van der Waals surface area contributed by atoms with Crippen LogP contribution in [0.1, 0.15) is 0 Å². The Hall–Kier alpha value is -0.858. The first-order valence-corrected chi connectivity index (χ1v) is 3.84. The van der Waals surface area contributed by atoms with Crippen molar-refractivity contribution in [2.75, 3.05) is 0 Å². The van der Waals surface area contributed by atoms with Gasteiger partial charge in [-0.2, -0.15) is 0 Å². The molecule has 2 nitrogen and oxygen atoms in total. The Balaban J connectivity index is 3.17. The van der Waals surface area contributed by atoms with Crippen molar-refractivity contribution in [2.45, 2.75) is 0 Å². The van der Waals surface area contributed by atoms with Gasteiger partial charge in [-0.05, 0) is 0 Å². The number of hydrogen-bond acceptors (Lipinski definition) is 2. The third kappa shape index (κ3) is 1.84. The molecule has 0 saturated heterocycles. The standard InChI is InChI=1S/C6H3F3O.Al.O/c7-3-1-4(8)6(9)5(10)2-3;;/h1-2,10H;;/q;+1;/p-1. The summed E-state index contributed by atoms with van der Waals surface area (Å²) in [4.78, 5) is 0. The first-order chi connectivity index (χ1) is 5.65. The third-order valence-corrected chi connectivity index (χ3v) is 1.48. The molecule has 0 aromatic heterocycles. The van der Waals surface area contributed by atoms with Crippen LogP contribution in [0.25, 0.3) is 0 Å². The van der Waals surface area contributed by atoms with Gasteiger partial charge in [-0.25, -0.2) is 0 Å². The maximum absolute atomic E-state index is 12.6. The van der Waals surface area contributed by atoms with Gasteiger partial charge in [-0.1, -0.05) is 0 Å². The molecule has 1 aromatic rings. The van der Waals surface area contributed by atoms with Gasteiger partial charge in [0.05, 0.1) is 0 Å². The van der Waals surface area contributed by atoms with Crippen molar-refractivity contribution < 1.29 is 20.8 Å². The Bertz CT molecular complexity index is 316. The molecule has 6 heteroatoms. The summed E-state index contributed by atoms with van der Waals surface area (Å²) in [5, 5.41) is 0. The second kappa shape index (κ2) is 3.70. The molecule has 1 aromatic carbocycles. The average molecular weight is 190 g/mol. The van der Waals surface area contributed by atoms with Crippen molar-refractivity contribution >= 4 is 15.5 Å². The summed E-state index contributed by atoms with van der Waals surface area (Å²) >= 11 is -1.73. The first-order valence-electron chi connectivity index (χ1n) is 2.90. The number of halogens is 3. The molecule has 62 valence electrons. The molecule has 0 bridgehead atoms. The first kappa shape index (κ1) is 9.23. The maximum atomic E-state index is 12.6. The zero-order chi connectivity index (χ0) is 9.14. The molecule has 0 fully saturated rings. The van der Waals surface area contributed by atoms with E-state index >= 15 is 0 Å². The van der Waals surface area contributed by atoms with Crippen LogP contribution in [-0.2, 0) is 3.80 Å². The predicted octanol–water partition coefficient (Wildman–Crippen LogP) is 1.45. The summed E-state index contributed by atoms with van der Waals surface area (Å²) in [5.41, 5.74) is 0. The van der Waals surface area contributed by atoms with Crippen LogP contribution in [0.3, 0.4) is 0 Å². The molecule has 0 N–H and O–H groups in total. The molecular weight excluding hydrogens is 188 g/mol. The fourth-order valence-corrected chi connectivity index (χ4v) is 0.945. The van der Waals surface area contributed by atoms with Crippen LogP contribution in [-0.4, -0.2) is 15.5 Å². The molecule has 0 spiro atoms. The van der Waals surface area contributed by atoms with Crippen molar-refractivity contribution in [3.8, 4) is 5.75 Å². The predicted molar refractivity (Wildman–Crippen MR) is 33.4 cm³/mol. The Morgan fingerprint density at radius 3 is 2.50 bits per heavy atom. The van der Waals surface area contributed by atoms with E-state index in [1.165, 1.54) is 0 Å². The fraction of sp³-hybridized carbons (Fsp3) is 0. The van der Waals surface area contributed by atoms with Gasteiger partial charge in [-0.3, -0.25) is 0 Å². The number of rotatable bonds is 2. The third-order valence-electron chi connectivity index (χ3n) is 1.13. The van der Waals surface area contributed by atoms with Gasteiger partial charge in [0.2, 0.25) is 0 Å². The molecular formula is C6H2AlF3O2. The van der Waals surface area contributed by atoms with Gasteiger partial charge in [-0.15, -0.1) is 0 Å². The van der Waals surface area contributed by atoms with Crippen LogP contribution in [0.15, 0.2) is 12.1 Å². The van der Waals surface area contributed by atoms with Crippen LogP contribution < -0.4 is 3.79 Å². The normalized spacial score (nSPS) is 9.25. The van der Waals surface area contributed by atoms with Crippen LogP contribution in [0, 0.1) is 17.5 Å². The average Bonchev–Trinajstić information content (AvgIpc) is 2.00. The topological polar surface area (TPSA) is 26.3 Å². The molecule has 12 heavy (non-hydrogen) atoms. The van der Waals surface area contributed by atoms with E-state index in [1.54, 1.807) is 0 Å². The van der Waals surface area contributed by atoms with Crippen LogP contribution >= 0.6 is 0 Å². The second-order valence-corrected chi connectivity index (χ2v) is 2.34. The van der Waals surface area contributed by atoms with Crippen molar-refractivity contribution in [1.29, 1.82) is 0 Å². The molecule has 0 unspecified atom stereocenters. The number of benzene rings is 1. The van der Waals surface area contributed by atoms with E-state index in [9.17, 15) is 17.0 Å². The molecule has 0 atom stereocenters. The molecule has 0 aliphatic heterocycles. The monoisotopic (exact) mass is 190 g/mol. The van der Waals surface area contributed by atoms with E-state index in [1.807, 2.05) is 0 Å². The van der Waals surface area contributed by atoms with Gasteiger partial charge in [0.25, 0.3) is 0 Å². The summed E-state index contributed by atoms with van der Waals surface area (Å²) in [6.45, 7) is 0. The fourth-order valence-electron chi connectivity index (χ4n) is 0.670. The van der Waals surface area contributed by atoms with Crippen LogP contribution in [0.5, 0.6) is 5.75 Å². The Morgan fingerprint density at radius 2 is 1.92 bits per heavy atom. The van der Waals surface area contributed by atoms with E-state index in [0.717, 1.165) is 0 Å².